The van der Waals surface area contributed by atoms with Crippen LogP contribution in [-0.4, -0.2) is 61.7 Å². The Labute approximate surface area is 150 Å². The molecule has 0 unspecified atom stereocenters. The van der Waals surface area contributed by atoms with Gasteiger partial charge in [0.2, 0.25) is 0 Å². The van der Waals surface area contributed by atoms with E-state index in [0.29, 0.717) is 6.61 Å². The molecular formula is C18H33NO6. The topological polar surface area (TPSA) is 75.3 Å². The molecule has 2 aliphatic rings. The number of methoxy groups -OCH3 is 1. The molecule has 25 heavy (non-hydrogen) atoms. The van der Waals surface area contributed by atoms with Crippen LogP contribution in [0.25, 0.3) is 0 Å². The third-order valence-electron chi connectivity index (χ3n) is 4.22. The molecule has 2 heterocycles. The Balaban J connectivity index is 2.20. The number of amides is 1. The first-order valence-corrected chi connectivity index (χ1v) is 9.06. The molecular weight excluding hydrogens is 326 g/mol. The van der Waals surface area contributed by atoms with Crippen molar-refractivity contribution < 1.29 is 28.5 Å². The second-order valence-corrected chi connectivity index (χ2v) is 8.19. The minimum Gasteiger partial charge on any atom is -0.444 e. The number of hydrogen-bond donors (Lipinski definition) is 1. The third kappa shape index (κ3) is 5.29. The molecule has 2 aliphatic heterocycles. The van der Waals surface area contributed by atoms with Crippen LogP contribution in [0.4, 0.5) is 4.79 Å². The number of fused-ring (bicyclic) bond motifs is 1. The Kier molecular flexibility index (Phi) is 6.35. The second-order valence-electron chi connectivity index (χ2n) is 8.19. The Morgan fingerprint density at radius 2 is 1.80 bits per heavy atom. The van der Waals surface area contributed by atoms with Crippen LogP contribution >= 0.6 is 0 Å². The van der Waals surface area contributed by atoms with Gasteiger partial charge in [0.15, 0.2) is 5.79 Å². The Morgan fingerprint density at radius 1 is 1.16 bits per heavy atom. The average molecular weight is 359 g/mol. The zero-order chi connectivity index (χ0) is 18.8. The summed E-state index contributed by atoms with van der Waals surface area (Å²) in [6.07, 6.45) is 0.225. The van der Waals surface area contributed by atoms with Gasteiger partial charge in [0.25, 0.3) is 0 Å². The number of alkyl carbamates (subject to hydrolysis) is 1. The summed E-state index contributed by atoms with van der Waals surface area (Å²) in [4.78, 5) is 12.3. The molecule has 7 nitrogen and oxygen atoms in total. The molecule has 0 bridgehead atoms. The van der Waals surface area contributed by atoms with Gasteiger partial charge >= 0.3 is 6.09 Å². The molecule has 7 heteroatoms. The van der Waals surface area contributed by atoms with Crippen molar-refractivity contribution in [1.29, 1.82) is 0 Å². The van der Waals surface area contributed by atoms with Crippen molar-refractivity contribution in [3.05, 3.63) is 0 Å². The van der Waals surface area contributed by atoms with Gasteiger partial charge in [0.1, 0.15) is 23.9 Å². The van der Waals surface area contributed by atoms with Crippen LogP contribution in [0.5, 0.6) is 0 Å². The van der Waals surface area contributed by atoms with E-state index in [4.69, 9.17) is 23.7 Å². The minimum atomic E-state index is -0.736. The van der Waals surface area contributed by atoms with Crippen molar-refractivity contribution in [3.8, 4) is 0 Å². The van der Waals surface area contributed by atoms with E-state index in [0.717, 1.165) is 12.8 Å². The molecule has 0 aromatic heterocycles. The quantitative estimate of drug-likeness (QED) is 0.813. The summed E-state index contributed by atoms with van der Waals surface area (Å²) in [5.41, 5.74) is -0.565. The molecule has 2 rings (SSSR count). The van der Waals surface area contributed by atoms with Crippen molar-refractivity contribution in [2.24, 2.45) is 0 Å². The number of ether oxygens (including phenoxy) is 5. The maximum absolute atomic E-state index is 12.3. The zero-order valence-corrected chi connectivity index (χ0v) is 16.5. The van der Waals surface area contributed by atoms with E-state index in [1.807, 2.05) is 34.6 Å². The molecule has 1 amide bonds. The van der Waals surface area contributed by atoms with Crippen molar-refractivity contribution in [2.75, 3.05) is 13.7 Å². The van der Waals surface area contributed by atoms with Gasteiger partial charge in [-0.1, -0.05) is 13.3 Å². The summed E-state index contributed by atoms with van der Waals surface area (Å²) in [6, 6.07) is -0.338. The number of carbonyl (C=O) groups excluding carboxylic acids is 1. The van der Waals surface area contributed by atoms with Gasteiger partial charge < -0.3 is 29.0 Å². The highest BCUT2D eigenvalue weighted by atomic mass is 16.8. The van der Waals surface area contributed by atoms with Crippen molar-refractivity contribution in [2.45, 2.75) is 96.2 Å². The van der Waals surface area contributed by atoms with Gasteiger partial charge in [-0.15, -0.1) is 0 Å². The zero-order valence-electron chi connectivity index (χ0n) is 16.5. The van der Waals surface area contributed by atoms with Crippen LogP contribution in [-0.2, 0) is 23.7 Å². The highest BCUT2D eigenvalue weighted by molar-refractivity contribution is 5.68. The lowest BCUT2D eigenvalue weighted by Crippen LogP contribution is -2.63. The Bertz CT molecular complexity index is 461. The van der Waals surface area contributed by atoms with E-state index in [9.17, 15) is 4.79 Å². The highest BCUT2D eigenvalue weighted by Gasteiger charge is 2.55. The maximum Gasteiger partial charge on any atom is 0.408 e. The predicted molar refractivity (Wildman–Crippen MR) is 92.4 cm³/mol. The third-order valence-corrected chi connectivity index (χ3v) is 4.22. The van der Waals surface area contributed by atoms with Gasteiger partial charge in [0, 0.05) is 7.11 Å². The fraction of sp³-hybridized carbons (Fsp3) is 0.944. The van der Waals surface area contributed by atoms with Crippen LogP contribution in [0.15, 0.2) is 0 Å². The summed E-state index contributed by atoms with van der Waals surface area (Å²) >= 11 is 0. The first-order valence-electron chi connectivity index (χ1n) is 9.06. The van der Waals surface area contributed by atoms with Crippen LogP contribution in [0, 0.1) is 0 Å². The second kappa shape index (κ2) is 7.78. The van der Waals surface area contributed by atoms with E-state index in [-0.39, 0.29) is 30.5 Å². The van der Waals surface area contributed by atoms with Crippen LogP contribution < -0.4 is 5.32 Å². The first kappa shape index (κ1) is 20.4. The molecule has 0 saturated carbocycles. The van der Waals surface area contributed by atoms with Crippen LogP contribution in [0.3, 0.4) is 0 Å². The monoisotopic (exact) mass is 359 g/mol. The lowest BCUT2D eigenvalue weighted by Gasteiger charge is -2.42. The molecule has 2 fully saturated rings. The van der Waals surface area contributed by atoms with E-state index in [1.54, 1.807) is 7.11 Å². The fourth-order valence-electron chi connectivity index (χ4n) is 3.43. The SMILES string of the molecule is CCC[C@H]1O[C@H](COC)[C@@H]2OC(C)(C)O[C@@H]2[C@H]1NC(=O)OC(C)(C)C. The smallest absolute Gasteiger partial charge is 0.408 e. The summed E-state index contributed by atoms with van der Waals surface area (Å²) in [5.74, 6) is -0.736. The van der Waals surface area contributed by atoms with Gasteiger partial charge in [-0.05, 0) is 41.0 Å². The highest BCUT2D eigenvalue weighted by Crippen LogP contribution is 2.38. The normalized spacial score (nSPS) is 34.4. The van der Waals surface area contributed by atoms with E-state index < -0.39 is 17.5 Å². The number of hydrogen-bond acceptors (Lipinski definition) is 6. The molecule has 0 radical (unpaired) electrons. The van der Waals surface area contributed by atoms with Crippen molar-refractivity contribution in [3.63, 3.8) is 0 Å². The molecule has 0 aromatic rings. The van der Waals surface area contributed by atoms with Gasteiger partial charge in [-0.25, -0.2) is 4.79 Å². The molecule has 0 aromatic carbocycles. The van der Waals surface area contributed by atoms with E-state index in [2.05, 4.69) is 12.2 Å². The molecule has 1 N–H and O–H groups in total. The van der Waals surface area contributed by atoms with Crippen molar-refractivity contribution >= 4 is 6.09 Å². The number of carbonyl (C=O) groups is 1. The molecule has 0 spiro atoms. The predicted octanol–water partition coefficient (Wildman–Crippen LogP) is 2.61. The molecule has 0 aliphatic carbocycles. The van der Waals surface area contributed by atoms with Gasteiger partial charge in [-0.3, -0.25) is 0 Å². The van der Waals surface area contributed by atoms with Gasteiger partial charge in [0.05, 0.1) is 18.8 Å². The van der Waals surface area contributed by atoms with Crippen molar-refractivity contribution in [1.82, 2.24) is 5.32 Å². The standard InChI is InChI=1S/C18H33NO6/c1-8-9-11-13(19-16(20)25-17(2,3)4)15-14(12(22-11)10-21-7)23-18(5,6)24-15/h11-15H,8-10H2,1-7H3,(H,19,20)/t11-,12-,13+,14+,15-/m1/s1. The van der Waals surface area contributed by atoms with Gasteiger partial charge in [-0.2, -0.15) is 0 Å². The minimum absolute atomic E-state index is 0.184. The Hall–Kier alpha value is -0.890. The Morgan fingerprint density at radius 3 is 2.36 bits per heavy atom. The fourth-order valence-corrected chi connectivity index (χ4v) is 3.43. The summed E-state index contributed by atoms with van der Waals surface area (Å²) < 4.78 is 29.1. The number of nitrogens with one attached hydrogen (secondary N) is 1. The summed E-state index contributed by atoms with van der Waals surface area (Å²) in [5, 5.41) is 2.95. The van der Waals surface area contributed by atoms with Crippen LogP contribution in [0.2, 0.25) is 0 Å². The molecule has 146 valence electrons. The average Bonchev–Trinajstić information content (AvgIpc) is 2.77. The van der Waals surface area contributed by atoms with E-state index in [1.165, 1.54) is 0 Å². The summed E-state index contributed by atoms with van der Waals surface area (Å²) in [6.45, 7) is 11.7. The maximum atomic E-state index is 12.3. The van der Waals surface area contributed by atoms with Crippen LogP contribution in [0.1, 0.15) is 54.4 Å². The first-order chi connectivity index (χ1) is 11.6. The lowest BCUT2D eigenvalue weighted by molar-refractivity contribution is -0.172. The lowest BCUT2D eigenvalue weighted by atomic mass is 9.91. The van der Waals surface area contributed by atoms with E-state index >= 15 is 0 Å². The number of rotatable bonds is 5. The molecule has 2 saturated heterocycles. The molecule has 5 atom stereocenters. The largest absolute Gasteiger partial charge is 0.444 e. The summed E-state index contributed by atoms with van der Waals surface area (Å²) in [7, 11) is 1.64.